The number of amides is 3. The standard InChI is InChI=1S/C19H27N3O3/c1-2-25-17-8-10-21(11-9-17)19(24)20-16-12-18(23)22(14-16)13-15-6-4-3-5-7-15/h3-7,16-17H,2,8-14H2,1H3,(H,20,24). The summed E-state index contributed by atoms with van der Waals surface area (Å²) in [7, 11) is 0. The molecule has 0 aromatic heterocycles. The maximum Gasteiger partial charge on any atom is 0.317 e. The highest BCUT2D eigenvalue weighted by molar-refractivity contribution is 5.81. The number of ether oxygens (including phenoxy) is 1. The summed E-state index contributed by atoms with van der Waals surface area (Å²) in [5, 5.41) is 3.03. The van der Waals surface area contributed by atoms with Crippen molar-refractivity contribution in [3.8, 4) is 0 Å². The van der Waals surface area contributed by atoms with Gasteiger partial charge < -0.3 is 19.9 Å². The molecule has 0 bridgehead atoms. The maximum atomic E-state index is 12.4. The molecule has 6 nitrogen and oxygen atoms in total. The van der Waals surface area contributed by atoms with Crippen LogP contribution in [-0.4, -0.2) is 60.1 Å². The number of piperidine rings is 1. The Morgan fingerprint density at radius 1 is 1.24 bits per heavy atom. The molecule has 2 aliphatic rings. The molecule has 1 aromatic carbocycles. The normalized spacial score (nSPS) is 21.6. The topological polar surface area (TPSA) is 61.9 Å². The Hall–Kier alpha value is -2.08. The first kappa shape index (κ1) is 17.7. The quantitative estimate of drug-likeness (QED) is 0.888. The van der Waals surface area contributed by atoms with E-state index in [4.69, 9.17) is 4.74 Å². The number of benzene rings is 1. The lowest BCUT2D eigenvalue weighted by molar-refractivity contribution is -0.128. The number of nitrogens with zero attached hydrogens (tertiary/aromatic N) is 2. The summed E-state index contributed by atoms with van der Waals surface area (Å²) in [6.07, 6.45) is 2.41. The van der Waals surface area contributed by atoms with Crippen LogP contribution in [0.4, 0.5) is 4.79 Å². The summed E-state index contributed by atoms with van der Waals surface area (Å²) in [6.45, 7) is 5.33. The van der Waals surface area contributed by atoms with E-state index in [0.717, 1.165) is 25.0 Å². The Kier molecular flexibility index (Phi) is 5.91. The number of carbonyl (C=O) groups excluding carboxylic acids is 2. The number of hydrogen-bond donors (Lipinski definition) is 1. The van der Waals surface area contributed by atoms with Gasteiger partial charge in [0.2, 0.25) is 5.91 Å². The monoisotopic (exact) mass is 345 g/mol. The second-order valence-electron chi connectivity index (χ2n) is 6.75. The van der Waals surface area contributed by atoms with Crippen LogP contribution in [0.15, 0.2) is 30.3 Å². The van der Waals surface area contributed by atoms with Crippen LogP contribution in [0.25, 0.3) is 0 Å². The lowest BCUT2D eigenvalue weighted by Gasteiger charge is -2.32. The van der Waals surface area contributed by atoms with E-state index in [9.17, 15) is 9.59 Å². The zero-order chi connectivity index (χ0) is 17.6. The zero-order valence-corrected chi connectivity index (χ0v) is 14.8. The lowest BCUT2D eigenvalue weighted by Crippen LogP contribution is -2.49. The smallest absolute Gasteiger partial charge is 0.317 e. The van der Waals surface area contributed by atoms with Crippen LogP contribution < -0.4 is 5.32 Å². The Bertz CT molecular complexity index is 585. The Morgan fingerprint density at radius 2 is 1.96 bits per heavy atom. The minimum Gasteiger partial charge on any atom is -0.378 e. The van der Waals surface area contributed by atoms with E-state index in [-0.39, 0.29) is 24.1 Å². The van der Waals surface area contributed by atoms with Gasteiger partial charge in [0.25, 0.3) is 0 Å². The minimum absolute atomic E-state index is 0.0608. The molecule has 1 unspecified atom stereocenters. The Balaban J connectivity index is 1.46. The summed E-state index contributed by atoms with van der Waals surface area (Å²) in [6, 6.07) is 9.78. The van der Waals surface area contributed by atoms with Crippen LogP contribution in [0.5, 0.6) is 0 Å². The molecule has 3 rings (SSSR count). The molecule has 2 saturated heterocycles. The predicted molar refractivity (Wildman–Crippen MR) is 95.0 cm³/mol. The molecule has 0 radical (unpaired) electrons. The first-order valence-electron chi connectivity index (χ1n) is 9.14. The van der Waals surface area contributed by atoms with Crippen LogP contribution >= 0.6 is 0 Å². The summed E-state index contributed by atoms with van der Waals surface area (Å²) in [5.41, 5.74) is 1.11. The first-order chi connectivity index (χ1) is 12.2. The van der Waals surface area contributed by atoms with E-state index in [2.05, 4.69) is 5.32 Å². The molecule has 1 aromatic rings. The first-order valence-corrected chi connectivity index (χ1v) is 9.14. The van der Waals surface area contributed by atoms with Crippen molar-refractivity contribution in [2.45, 2.75) is 44.9 Å². The van der Waals surface area contributed by atoms with E-state index < -0.39 is 0 Å². The van der Waals surface area contributed by atoms with Gasteiger partial charge in [-0.1, -0.05) is 30.3 Å². The number of urea groups is 1. The fraction of sp³-hybridized carbons (Fsp3) is 0.579. The van der Waals surface area contributed by atoms with Gasteiger partial charge in [-0.15, -0.1) is 0 Å². The molecule has 2 heterocycles. The average molecular weight is 345 g/mol. The fourth-order valence-corrected chi connectivity index (χ4v) is 3.55. The minimum atomic E-state index is -0.103. The van der Waals surface area contributed by atoms with Crippen LogP contribution in [0.2, 0.25) is 0 Å². The van der Waals surface area contributed by atoms with Crippen molar-refractivity contribution >= 4 is 11.9 Å². The molecule has 1 N–H and O–H groups in total. The highest BCUT2D eigenvalue weighted by atomic mass is 16.5. The molecule has 2 aliphatic heterocycles. The maximum absolute atomic E-state index is 12.4. The van der Waals surface area contributed by atoms with E-state index in [0.29, 0.717) is 32.6 Å². The van der Waals surface area contributed by atoms with Gasteiger partial charge in [-0.25, -0.2) is 4.79 Å². The molecule has 2 fully saturated rings. The van der Waals surface area contributed by atoms with Crippen LogP contribution in [0.1, 0.15) is 31.7 Å². The Morgan fingerprint density at radius 3 is 2.64 bits per heavy atom. The molecule has 25 heavy (non-hydrogen) atoms. The fourth-order valence-electron chi connectivity index (χ4n) is 3.55. The molecule has 1 atom stereocenters. The van der Waals surface area contributed by atoms with Gasteiger partial charge in [0.1, 0.15) is 0 Å². The summed E-state index contributed by atoms with van der Waals surface area (Å²) < 4.78 is 5.62. The molecule has 3 amide bonds. The summed E-state index contributed by atoms with van der Waals surface area (Å²) in [4.78, 5) is 28.3. The van der Waals surface area contributed by atoms with E-state index in [1.54, 1.807) is 0 Å². The van der Waals surface area contributed by atoms with Crippen LogP contribution in [0, 0.1) is 0 Å². The molecular weight excluding hydrogens is 318 g/mol. The molecule has 0 aliphatic carbocycles. The second kappa shape index (κ2) is 8.34. The third-order valence-electron chi connectivity index (χ3n) is 4.89. The van der Waals surface area contributed by atoms with Crippen molar-refractivity contribution in [3.05, 3.63) is 35.9 Å². The van der Waals surface area contributed by atoms with Crippen molar-refractivity contribution in [3.63, 3.8) is 0 Å². The summed E-state index contributed by atoms with van der Waals surface area (Å²) >= 11 is 0. The number of rotatable bonds is 5. The Labute approximate surface area is 149 Å². The van der Waals surface area contributed by atoms with Crippen LogP contribution in [-0.2, 0) is 16.1 Å². The molecule has 0 saturated carbocycles. The van der Waals surface area contributed by atoms with E-state index in [1.807, 2.05) is 47.1 Å². The molecular formula is C19H27N3O3. The van der Waals surface area contributed by atoms with Gasteiger partial charge in [-0.2, -0.15) is 0 Å². The largest absolute Gasteiger partial charge is 0.378 e. The van der Waals surface area contributed by atoms with E-state index in [1.165, 1.54) is 0 Å². The van der Waals surface area contributed by atoms with Crippen molar-refractivity contribution in [1.29, 1.82) is 0 Å². The van der Waals surface area contributed by atoms with Gasteiger partial charge >= 0.3 is 6.03 Å². The van der Waals surface area contributed by atoms with Crippen LogP contribution in [0.3, 0.4) is 0 Å². The number of hydrogen-bond acceptors (Lipinski definition) is 3. The number of nitrogens with one attached hydrogen (secondary N) is 1. The number of likely N-dealkylation sites (tertiary alicyclic amines) is 2. The van der Waals surface area contributed by atoms with Gasteiger partial charge in [0.05, 0.1) is 12.1 Å². The predicted octanol–water partition coefficient (Wildman–Crippen LogP) is 2.00. The highest BCUT2D eigenvalue weighted by Crippen LogP contribution is 2.17. The second-order valence-corrected chi connectivity index (χ2v) is 6.75. The van der Waals surface area contributed by atoms with Crippen molar-refractivity contribution < 1.29 is 14.3 Å². The van der Waals surface area contributed by atoms with Gasteiger partial charge in [-0.3, -0.25) is 4.79 Å². The lowest BCUT2D eigenvalue weighted by atomic mass is 10.1. The van der Waals surface area contributed by atoms with Gasteiger partial charge in [-0.05, 0) is 25.3 Å². The van der Waals surface area contributed by atoms with Crippen molar-refractivity contribution in [2.24, 2.45) is 0 Å². The zero-order valence-electron chi connectivity index (χ0n) is 14.8. The third kappa shape index (κ3) is 4.72. The number of carbonyl (C=O) groups is 2. The van der Waals surface area contributed by atoms with Gasteiger partial charge in [0.15, 0.2) is 0 Å². The van der Waals surface area contributed by atoms with Crippen molar-refractivity contribution in [2.75, 3.05) is 26.2 Å². The molecule has 136 valence electrons. The van der Waals surface area contributed by atoms with Gasteiger partial charge in [0, 0.05) is 39.2 Å². The SMILES string of the molecule is CCOC1CCN(C(=O)NC2CC(=O)N(Cc3ccccc3)C2)CC1. The van der Waals surface area contributed by atoms with Crippen molar-refractivity contribution in [1.82, 2.24) is 15.1 Å². The molecule has 0 spiro atoms. The third-order valence-corrected chi connectivity index (χ3v) is 4.89. The highest BCUT2D eigenvalue weighted by Gasteiger charge is 2.32. The van der Waals surface area contributed by atoms with E-state index >= 15 is 0 Å². The molecule has 6 heteroatoms. The average Bonchev–Trinajstić information content (AvgIpc) is 2.96. The summed E-state index contributed by atoms with van der Waals surface area (Å²) in [5.74, 6) is 0.101.